The van der Waals surface area contributed by atoms with Gasteiger partial charge in [-0.1, -0.05) is 17.3 Å². The summed E-state index contributed by atoms with van der Waals surface area (Å²) in [5.74, 6) is 0.667. The molecular formula is C19H21N5O3S. The van der Waals surface area contributed by atoms with Gasteiger partial charge in [0.25, 0.3) is 0 Å². The first kappa shape index (κ1) is 17.6. The van der Waals surface area contributed by atoms with Crippen molar-refractivity contribution in [2.24, 2.45) is 0 Å². The number of para-hydroxylation sites is 1. The van der Waals surface area contributed by atoms with Crippen LogP contribution in [0.15, 0.2) is 34.9 Å². The van der Waals surface area contributed by atoms with Crippen molar-refractivity contribution in [3.05, 3.63) is 47.3 Å². The Balaban J connectivity index is 1.27. The summed E-state index contributed by atoms with van der Waals surface area (Å²) in [6, 6.07) is 9.31. The van der Waals surface area contributed by atoms with E-state index in [4.69, 9.17) is 4.52 Å². The molecule has 0 amide bonds. The smallest absolute Gasteiger partial charge is 0.220 e. The van der Waals surface area contributed by atoms with Gasteiger partial charge in [0.15, 0.2) is 11.4 Å². The molecule has 0 N–H and O–H groups in total. The van der Waals surface area contributed by atoms with Gasteiger partial charge in [-0.15, -0.1) is 5.10 Å². The van der Waals surface area contributed by atoms with Crippen LogP contribution >= 0.6 is 0 Å². The van der Waals surface area contributed by atoms with Gasteiger partial charge in [-0.25, -0.2) is 8.42 Å². The molecule has 5 rings (SSSR count). The fraction of sp³-hybridized carbons (Fsp3) is 0.421. The predicted molar refractivity (Wildman–Crippen MR) is 104 cm³/mol. The predicted octanol–water partition coefficient (Wildman–Crippen LogP) is 1.76. The zero-order chi connectivity index (χ0) is 19.3. The van der Waals surface area contributed by atoms with Gasteiger partial charge in [-0.3, -0.25) is 0 Å². The van der Waals surface area contributed by atoms with Crippen molar-refractivity contribution in [2.45, 2.75) is 31.1 Å². The number of hydrogen-bond donors (Lipinski definition) is 0. The van der Waals surface area contributed by atoms with Gasteiger partial charge < -0.3 is 9.42 Å². The molecule has 1 aliphatic carbocycles. The van der Waals surface area contributed by atoms with E-state index in [9.17, 15) is 8.42 Å². The largest absolute Gasteiger partial charge is 0.356 e. The molecule has 3 heterocycles. The summed E-state index contributed by atoms with van der Waals surface area (Å²) in [4.78, 5) is 2.08. The lowest BCUT2D eigenvalue weighted by atomic mass is 10.1. The minimum absolute atomic E-state index is 0.0850. The molecule has 0 bridgehead atoms. The van der Waals surface area contributed by atoms with Crippen LogP contribution < -0.4 is 4.90 Å². The van der Waals surface area contributed by atoms with Crippen LogP contribution in [0.4, 0.5) is 5.82 Å². The van der Waals surface area contributed by atoms with Crippen LogP contribution in [0.2, 0.25) is 0 Å². The second-order valence-electron chi connectivity index (χ2n) is 7.48. The summed E-state index contributed by atoms with van der Waals surface area (Å²) in [5.41, 5.74) is 3.41. The van der Waals surface area contributed by atoms with Crippen molar-refractivity contribution in [1.29, 1.82) is 0 Å². The lowest BCUT2D eigenvalue weighted by Crippen LogP contribution is -2.60. The van der Waals surface area contributed by atoms with Crippen LogP contribution in [0.25, 0.3) is 11.0 Å². The summed E-state index contributed by atoms with van der Waals surface area (Å²) in [6.07, 6.45) is 3.19. The number of benzene rings is 1. The highest BCUT2D eigenvalue weighted by atomic mass is 32.2. The van der Waals surface area contributed by atoms with Crippen molar-refractivity contribution in [1.82, 2.24) is 19.7 Å². The molecule has 3 aromatic rings. The van der Waals surface area contributed by atoms with E-state index in [1.54, 1.807) is 13.1 Å². The Labute approximate surface area is 163 Å². The maximum Gasteiger partial charge on any atom is 0.220 e. The first-order chi connectivity index (χ1) is 13.5. The fourth-order valence-electron chi connectivity index (χ4n) is 3.89. The van der Waals surface area contributed by atoms with E-state index in [2.05, 4.69) is 26.3 Å². The quantitative estimate of drug-likeness (QED) is 0.645. The first-order valence-corrected chi connectivity index (χ1v) is 11.0. The van der Waals surface area contributed by atoms with Gasteiger partial charge in [-0.05, 0) is 43.0 Å². The van der Waals surface area contributed by atoms with Crippen LogP contribution in [-0.2, 0) is 28.6 Å². The monoisotopic (exact) mass is 399 g/mol. The molecule has 1 aromatic carbocycles. The van der Waals surface area contributed by atoms with E-state index in [1.165, 1.54) is 9.87 Å². The van der Waals surface area contributed by atoms with E-state index < -0.39 is 10.0 Å². The molecule has 1 aliphatic heterocycles. The highest BCUT2D eigenvalue weighted by molar-refractivity contribution is 7.88. The zero-order valence-electron chi connectivity index (χ0n) is 15.6. The number of hydrogen-bond acceptors (Lipinski definition) is 7. The van der Waals surface area contributed by atoms with E-state index >= 15 is 0 Å². The lowest BCUT2D eigenvalue weighted by molar-refractivity contribution is 0.308. The van der Waals surface area contributed by atoms with Gasteiger partial charge in [-0.2, -0.15) is 9.40 Å². The number of likely N-dealkylation sites (N-methyl/N-ethyl adjacent to an activating group) is 1. The van der Waals surface area contributed by atoms with Crippen LogP contribution in [0.3, 0.4) is 0 Å². The third kappa shape index (κ3) is 2.94. The topological polar surface area (TPSA) is 92.4 Å². The van der Waals surface area contributed by atoms with Gasteiger partial charge in [0, 0.05) is 25.5 Å². The fourth-order valence-corrected chi connectivity index (χ4v) is 5.23. The van der Waals surface area contributed by atoms with Gasteiger partial charge in [0.1, 0.15) is 11.4 Å². The number of rotatable bonds is 5. The number of nitrogens with zero attached hydrogens (tertiary/aromatic N) is 5. The molecule has 0 atom stereocenters. The Bertz CT molecular complexity index is 1140. The third-order valence-electron chi connectivity index (χ3n) is 5.72. The standard InChI is InChI=1S/C19H21N5O3S/c1-23(28(25,26)12-17-15-6-2-3-8-18(15)27-22-17)14-10-24(11-14)19-9-13-5-4-7-16(13)20-21-19/h2-3,6,8-9,14H,4-5,7,10-12H2,1H3. The molecular weight excluding hydrogens is 378 g/mol. The summed E-state index contributed by atoms with van der Waals surface area (Å²) in [7, 11) is -1.87. The summed E-state index contributed by atoms with van der Waals surface area (Å²) in [5, 5.41) is 13.3. The first-order valence-electron chi connectivity index (χ1n) is 9.41. The average molecular weight is 399 g/mol. The average Bonchev–Trinajstić information content (AvgIpc) is 3.27. The summed E-state index contributed by atoms with van der Waals surface area (Å²) >= 11 is 0. The van der Waals surface area contributed by atoms with Crippen molar-refractivity contribution >= 4 is 26.8 Å². The second-order valence-corrected chi connectivity index (χ2v) is 9.51. The van der Waals surface area contributed by atoms with E-state index in [-0.39, 0.29) is 11.8 Å². The molecule has 146 valence electrons. The van der Waals surface area contributed by atoms with Crippen molar-refractivity contribution in [2.75, 3.05) is 25.0 Å². The van der Waals surface area contributed by atoms with Crippen molar-refractivity contribution in [3.8, 4) is 0 Å². The molecule has 0 unspecified atom stereocenters. The Kier molecular flexibility index (Phi) is 4.09. The molecule has 28 heavy (non-hydrogen) atoms. The molecule has 9 heteroatoms. The molecule has 1 saturated heterocycles. The number of sulfonamides is 1. The number of aryl methyl sites for hydroxylation is 2. The molecule has 2 aliphatic rings. The molecule has 8 nitrogen and oxygen atoms in total. The van der Waals surface area contributed by atoms with Gasteiger partial charge in [0.05, 0.1) is 11.7 Å². The highest BCUT2D eigenvalue weighted by Gasteiger charge is 2.37. The molecule has 0 radical (unpaired) electrons. The van der Waals surface area contributed by atoms with Crippen LogP contribution in [-0.4, -0.2) is 54.3 Å². The third-order valence-corrected chi connectivity index (χ3v) is 7.53. The SMILES string of the molecule is CN(C1CN(c2cc3c(nn2)CCC3)C1)S(=O)(=O)Cc1noc2ccccc12. The maximum atomic E-state index is 12.9. The molecule has 1 fully saturated rings. The minimum atomic E-state index is -3.50. The molecule has 0 saturated carbocycles. The van der Waals surface area contributed by atoms with E-state index in [0.717, 1.165) is 36.2 Å². The van der Waals surface area contributed by atoms with Crippen LogP contribution in [0.5, 0.6) is 0 Å². The number of anilines is 1. The van der Waals surface area contributed by atoms with Crippen LogP contribution in [0, 0.1) is 0 Å². The van der Waals surface area contributed by atoms with Gasteiger partial charge >= 0.3 is 0 Å². The van der Waals surface area contributed by atoms with Crippen LogP contribution in [0.1, 0.15) is 23.4 Å². The lowest BCUT2D eigenvalue weighted by Gasteiger charge is -2.43. The Morgan fingerprint density at radius 1 is 1.21 bits per heavy atom. The Morgan fingerprint density at radius 2 is 2.04 bits per heavy atom. The minimum Gasteiger partial charge on any atom is -0.356 e. The van der Waals surface area contributed by atoms with E-state index in [1.807, 2.05) is 18.2 Å². The Hall–Kier alpha value is -2.52. The van der Waals surface area contributed by atoms with E-state index in [0.29, 0.717) is 24.4 Å². The summed E-state index contributed by atoms with van der Waals surface area (Å²) in [6.45, 7) is 1.23. The van der Waals surface area contributed by atoms with Crippen molar-refractivity contribution in [3.63, 3.8) is 0 Å². The molecule has 2 aromatic heterocycles. The summed E-state index contributed by atoms with van der Waals surface area (Å²) < 4.78 is 32.4. The number of fused-ring (bicyclic) bond motifs is 2. The number of aromatic nitrogens is 3. The maximum absolute atomic E-state index is 12.9. The normalized spacial score (nSPS) is 17.3. The van der Waals surface area contributed by atoms with Crippen molar-refractivity contribution < 1.29 is 12.9 Å². The van der Waals surface area contributed by atoms with Gasteiger partial charge in [0.2, 0.25) is 10.0 Å². The molecule has 0 spiro atoms. The Morgan fingerprint density at radius 3 is 2.89 bits per heavy atom. The zero-order valence-corrected chi connectivity index (χ0v) is 16.4. The highest BCUT2D eigenvalue weighted by Crippen LogP contribution is 2.28. The second kappa shape index (κ2) is 6.52.